The van der Waals surface area contributed by atoms with Crippen LogP contribution in [0.15, 0.2) is 36.7 Å². The lowest BCUT2D eigenvalue weighted by Gasteiger charge is -2.36. The van der Waals surface area contributed by atoms with Crippen LogP contribution in [0.1, 0.15) is 43.4 Å². The summed E-state index contributed by atoms with van der Waals surface area (Å²) in [6.45, 7) is 2.06. The number of nitrogens with two attached hydrogens (primary N) is 2. The summed E-state index contributed by atoms with van der Waals surface area (Å²) in [5, 5.41) is 9.25. The van der Waals surface area contributed by atoms with Crippen LogP contribution in [0.3, 0.4) is 0 Å². The van der Waals surface area contributed by atoms with E-state index in [1.165, 1.54) is 6.42 Å². The molecule has 144 valence electrons. The number of benzene rings is 1. The van der Waals surface area contributed by atoms with E-state index in [0.29, 0.717) is 5.82 Å². The van der Waals surface area contributed by atoms with Crippen LogP contribution in [0.25, 0.3) is 16.6 Å². The Kier molecular flexibility index (Phi) is 3.80. The molecule has 0 atom stereocenters. The van der Waals surface area contributed by atoms with Gasteiger partial charge in [-0.2, -0.15) is 0 Å². The molecule has 1 saturated carbocycles. The second-order valence-electron chi connectivity index (χ2n) is 7.93. The van der Waals surface area contributed by atoms with Gasteiger partial charge in [0.05, 0.1) is 5.69 Å². The third kappa shape index (κ3) is 2.70. The summed E-state index contributed by atoms with van der Waals surface area (Å²) in [6.07, 6.45) is 8.77. The summed E-state index contributed by atoms with van der Waals surface area (Å²) in [6, 6.07) is 8.40. The van der Waals surface area contributed by atoms with E-state index in [-0.39, 0.29) is 0 Å². The van der Waals surface area contributed by atoms with Crippen LogP contribution in [0.4, 0.5) is 17.2 Å². The summed E-state index contributed by atoms with van der Waals surface area (Å²) < 4.78 is 1.71. The summed E-state index contributed by atoms with van der Waals surface area (Å²) in [7, 11) is 0. The molecule has 7 heteroatoms. The molecule has 3 heterocycles. The molecule has 1 aliphatic rings. The fourth-order valence-electron chi connectivity index (χ4n) is 4.52. The number of H-pyrrole nitrogens is 1. The summed E-state index contributed by atoms with van der Waals surface area (Å²) in [5.74, 6) is 0.468. The molecule has 5 rings (SSSR count). The maximum Gasteiger partial charge on any atom is 0.177 e. The molecule has 0 bridgehead atoms. The molecule has 0 radical (unpaired) electrons. The monoisotopic (exact) mass is 375 g/mol. The number of imidazole rings is 1. The van der Waals surface area contributed by atoms with E-state index in [4.69, 9.17) is 11.5 Å². The fourth-order valence-corrected chi connectivity index (χ4v) is 4.52. The van der Waals surface area contributed by atoms with Gasteiger partial charge in [0, 0.05) is 45.8 Å². The second-order valence-corrected chi connectivity index (χ2v) is 7.93. The van der Waals surface area contributed by atoms with E-state index in [2.05, 4.69) is 51.6 Å². The number of aromatic amines is 1. The molecule has 0 aliphatic heterocycles. The Bertz CT molecular complexity index is 1160. The van der Waals surface area contributed by atoms with Crippen molar-refractivity contribution < 1.29 is 0 Å². The molecule has 3 aromatic heterocycles. The van der Waals surface area contributed by atoms with E-state index in [0.717, 1.165) is 64.9 Å². The largest absolute Gasteiger partial charge is 0.382 e. The van der Waals surface area contributed by atoms with Crippen molar-refractivity contribution >= 4 is 33.7 Å². The van der Waals surface area contributed by atoms with Crippen LogP contribution >= 0.6 is 0 Å². The van der Waals surface area contributed by atoms with Crippen molar-refractivity contribution in [1.82, 2.24) is 19.6 Å². The molecule has 0 saturated heterocycles. The average Bonchev–Trinajstić information content (AvgIpc) is 3.27. The van der Waals surface area contributed by atoms with Gasteiger partial charge in [0.1, 0.15) is 0 Å². The van der Waals surface area contributed by atoms with Gasteiger partial charge in [-0.3, -0.25) is 0 Å². The zero-order valence-electron chi connectivity index (χ0n) is 16.0. The first kappa shape index (κ1) is 17.1. The summed E-state index contributed by atoms with van der Waals surface area (Å²) in [5.41, 5.74) is 18.5. The summed E-state index contributed by atoms with van der Waals surface area (Å²) in [4.78, 5) is 7.89. The quantitative estimate of drug-likeness (QED) is 0.433. The molecule has 0 amide bonds. The van der Waals surface area contributed by atoms with E-state index >= 15 is 0 Å². The third-order valence-corrected chi connectivity index (χ3v) is 5.84. The first-order valence-corrected chi connectivity index (χ1v) is 9.82. The predicted octanol–water partition coefficient (Wildman–Crippen LogP) is 3.96. The zero-order valence-corrected chi connectivity index (χ0v) is 16.0. The topological polar surface area (TPSA) is 110 Å². The van der Waals surface area contributed by atoms with Crippen molar-refractivity contribution in [1.29, 1.82) is 0 Å². The van der Waals surface area contributed by atoms with Gasteiger partial charge in [0.2, 0.25) is 0 Å². The lowest BCUT2D eigenvalue weighted by molar-refractivity contribution is 0.303. The second kappa shape index (κ2) is 6.24. The Morgan fingerprint density at radius 2 is 2.00 bits per heavy atom. The highest BCUT2D eigenvalue weighted by molar-refractivity contribution is 5.87. The molecule has 6 N–H and O–H groups in total. The molecular formula is C21H25N7. The smallest absolute Gasteiger partial charge is 0.177 e. The minimum absolute atomic E-state index is 0.468. The van der Waals surface area contributed by atoms with Gasteiger partial charge in [-0.1, -0.05) is 19.3 Å². The molecule has 28 heavy (non-hydrogen) atoms. The lowest BCUT2D eigenvalue weighted by atomic mass is 9.77. The maximum atomic E-state index is 6.89. The Balaban J connectivity index is 1.67. The molecule has 1 aliphatic carbocycles. The van der Waals surface area contributed by atoms with Crippen molar-refractivity contribution in [3.8, 4) is 0 Å². The van der Waals surface area contributed by atoms with Crippen LogP contribution in [-0.2, 0) is 5.54 Å². The van der Waals surface area contributed by atoms with Crippen molar-refractivity contribution in [3.63, 3.8) is 0 Å². The van der Waals surface area contributed by atoms with Crippen LogP contribution in [0.2, 0.25) is 0 Å². The number of rotatable bonds is 3. The predicted molar refractivity (Wildman–Crippen MR) is 113 cm³/mol. The van der Waals surface area contributed by atoms with Crippen molar-refractivity contribution in [2.75, 3.05) is 11.1 Å². The number of hydrogen-bond acceptors (Lipinski definition) is 5. The Labute approximate surface area is 163 Å². The zero-order chi connectivity index (χ0) is 19.3. The number of nitrogens with one attached hydrogen (secondary N) is 2. The number of hydrogen-bond donors (Lipinski definition) is 4. The van der Waals surface area contributed by atoms with Crippen LogP contribution < -0.4 is 16.8 Å². The van der Waals surface area contributed by atoms with Gasteiger partial charge in [-0.05, 0) is 44.0 Å². The maximum absolute atomic E-state index is 6.89. The molecule has 1 aromatic carbocycles. The number of aromatic nitrogens is 4. The van der Waals surface area contributed by atoms with Crippen LogP contribution in [0, 0.1) is 6.92 Å². The minimum Gasteiger partial charge on any atom is -0.382 e. The average molecular weight is 375 g/mol. The highest BCUT2D eigenvalue weighted by Crippen LogP contribution is 2.42. The molecule has 0 spiro atoms. The normalized spacial score (nSPS) is 16.6. The van der Waals surface area contributed by atoms with Crippen molar-refractivity contribution in [2.45, 2.75) is 44.6 Å². The SMILES string of the molecule is Cc1cc2cc(Nc3c(C4(N)CCCCC4)c(N)nn4ccnc34)ccc2[nH]1. The van der Waals surface area contributed by atoms with E-state index < -0.39 is 5.54 Å². The Hall–Kier alpha value is -3.06. The number of fused-ring (bicyclic) bond motifs is 2. The fraction of sp³-hybridized carbons (Fsp3) is 0.333. The first-order valence-electron chi connectivity index (χ1n) is 9.82. The van der Waals surface area contributed by atoms with Gasteiger partial charge >= 0.3 is 0 Å². The Morgan fingerprint density at radius 1 is 1.18 bits per heavy atom. The molecule has 1 fully saturated rings. The lowest BCUT2D eigenvalue weighted by Crippen LogP contribution is -2.40. The number of anilines is 3. The van der Waals surface area contributed by atoms with Crippen molar-refractivity contribution in [2.24, 2.45) is 5.73 Å². The van der Waals surface area contributed by atoms with E-state index in [1.807, 2.05) is 6.20 Å². The van der Waals surface area contributed by atoms with E-state index in [9.17, 15) is 0 Å². The minimum atomic E-state index is -0.486. The van der Waals surface area contributed by atoms with Crippen LogP contribution in [0.5, 0.6) is 0 Å². The van der Waals surface area contributed by atoms with E-state index in [1.54, 1.807) is 10.7 Å². The van der Waals surface area contributed by atoms with Gasteiger partial charge < -0.3 is 21.8 Å². The highest BCUT2D eigenvalue weighted by Gasteiger charge is 2.35. The standard InChI is InChI=1S/C21H25N7/c1-13-11-14-12-15(5-6-16(14)25-13)26-18-17(21(23)7-3-2-4-8-21)19(22)27-28-10-9-24-20(18)28/h5-6,9-12,25-26H,2-4,7-8,23H2,1H3,(H2,22,27). The van der Waals surface area contributed by atoms with Gasteiger partial charge in [-0.15, -0.1) is 5.10 Å². The molecule has 7 nitrogen and oxygen atoms in total. The van der Waals surface area contributed by atoms with Gasteiger partial charge in [-0.25, -0.2) is 9.50 Å². The highest BCUT2D eigenvalue weighted by atomic mass is 15.3. The number of aryl methyl sites for hydroxylation is 1. The van der Waals surface area contributed by atoms with Crippen molar-refractivity contribution in [3.05, 3.63) is 47.9 Å². The molecule has 0 unspecified atom stereocenters. The number of nitrogens with zero attached hydrogens (tertiary/aromatic N) is 3. The van der Waals surface area contributed by atoms with Gasteiger partial charge in [0.15, 0.2) is 11.5 Å². The number of nitrogen functional groups attached to an aromatic ring is 1. The molecular weight excluding hydrogens is 350 g/mol. The molecule has 4 aromatic rings. The third-order valence-electron chi connectivity index (χ3n) is 5.84. The summed E-state index contributed by atoms with van der Waals surface area (Å²) >= 11 is 0. The van der Waals surface area contributed by atoms with Crippen LogP contribution in [-0.4, -0.2) is 19.6 Å². The Morgan fingerprint density at radius 3 is 2.82 bits per heavy atom. The van der Waals surface area contributed by atoms with Gasteiger partial charge in [0.25, 0.3) is 0 Å². The first-order chi connectivity index (χ1) is 13.5.